The van der Waals surface area contributed by atoms with Crippen LogP contribution in [0.15, 0.2) is 103 Å². The highest BCUT2D eigenvalue weighted by Gasteiger charge is 2.42. The number of rotatable bonds is 3. The quantitative estimate of drug-likeness (QED) is 0.281. The molecule has 0 radical (unpaired) electrons. The smallest absolute Gasteiger partial charge is 0.136 e. The van der Waals surface area contributed by atoms with Crippen LogP contribution in [0.25, 0.3) is 21.9 Å². The van der Waals surface area contributed by atoms with Gasteiger partial charge in [0.25, 0.3) is 0 Å². The molecule has 7 rings (SSSR count). The summed E-state index contributed by atoms with van der Waals surface area (Å²) in [7, 11) is 0. The third-order valence-electron chi connectivity index (χ3n) is 7.22. The van der Waals surface area contributed by atoms with Crippen molar-refractivity contribution in [2.75, 3.05) is 4.90 Å². The largest absolute Gasteiger partial charge is 0.456 e. The number of benzene rings is 5. The van der Waals surface area contributed by atoms with Crippen molar-refractivity contribution in [3.8, 4) is 22.6 Å². The number of anilines is 3. The van der Waals surface area contributed by atoms with Crippen molar-refractivity contribution in [2.45, 2.75) is 19.3 Å². The van der Waals surface area contributed by atoms with Gasteiger partial charge in [0.1, 0.15) is 11.5 Å². The minimum atomic E-state index is -0.108. The summed E-state index contributed by atoms with van der Waals surface area (Å²) in [5.74, 6) is 1.91. The van der Waals surface area contributed by atoms with Gasteiger partial charge < -0.3 is 9.64 Å². The Kier molecular flexibility index (Phi) is 3.64. The number of nitrogens with zero attached hydrogens (tertiary/aromatic N) is 1. The van der Waals surface area contributed by atoms with Gasteiger partial charge in [-0.1, -0.05) is 74.5 Å². The molecule has 0 unspecified atom stereocenters. The van der Waals surface area contributed by atoms with E-state index < -0.39 is 0 Å². The third-order valence-corrected chi connectivity index (χ3v) is 7.22. The van der Waals surface area contributed by atoms with Gasteiger partial charge in [-0.3, -0.25) is 0 Å². The van der Waals surface area contributed by atoms with Crippen LogP contribution < -0.4 is 9.64 Å². The summed E-state index contributed by atoms with van der Waals surface area (Å²) in [4.78, 5) is 2.37. The van der Waals surface area contributed by atoms with Gasteiger partial charge in [0.05, 0.1) is 5.69 Å². The maximum atomic E-state index is 6.48. The summed E-state index contributed by atoms with van der Waals surface area (Å²) >= 11 is 0. The number of ether oxygens (including phenoxy) is 1. The lowest BCUT2D eigenvalue weighted by Crippen LogP contribution is -2.16. The van der Waals surface area contributed by atoms with Crippen molar-refractivity contribution in [1.82, 2.24) is 0 Å². The molecular weight excluding hydrogens is 402 g/mol. The molecule has 1 aliphatic heterocycles. The maximum absolute atomic E-state index is 6.48. The molecule has 0 bridgehead atoms. The second kappa shape index (κ2) is 6.49. The van der Waals surface area contributed by atoms with Gasteiger partial charge in [0, 0.05) is 38.7 Å². The van der Waals surface area contributed by atoms with Gasteiger partial charge in [-0.25, -0.2) is 0 Å². The van der Waals surface area contributed by atoms with Gasteiger partial charge >= 0.3 is 0 Å². The van der Waals surface area contributed by atoms with Crippen molar-refractivity contribution in [3.63, 3.8) is 0 Å². The second-order valence-electron chi connectivity index (χ2n) is 9.41. The predicted molar refractivity (Wildman–Crippen MR) is 136 cm³/mol. The molecule has 158 valence electrons. The molecule has 2 aliphatic rings. The molecule has 0 atom stereocenters. The maximum Gasteiger partial charge on any atom is 0.136 e. The zero-order chi connectivity index (χ0) is 22.2. The molecule has 33 heavy (non-hydrogen) atoms. The molecule has 1 aliphatic carbocycles. The lowest BCUT2D eigenvalue weighted by Gasteiger charge is -2.30. The first-order valence-electron chi connectivity index (χ1n) is 11.5. The first-order valence-corrected chi connectivity index (χ1v) is 11.5. The summed E-state index contributed by atoms with van der Waals surface area (Å²) in [5.41, 5.74) is 8.66. The first-order chi connectivity index (χ1) is 16.1. The van der Waals surface area contributed by atoms with Crippen LogP contribution >= 0.6 is 0 Å². The van der Waals surface area contributed by atoms with Crippen LogP contribution in [0, 0.1) is 0 Å². The SMILES string of the molecule is CC1(C)c2cccc3c2-c2c1cc(N(c1ccccc1)c1ccccc1)c1cccc(c21)O3. The summed E-state index contributed by atoms with van der Waals surface area (Å²) in [6, 6.07) is 36.6. The molecular formula is C31H23NO. The molecule has 0 N–H and O–H groups in total. The summed E-state index contributed by atoms with van der Waals surface area (Å²) in [5, 5.41) is 2.42. The second-order valence-corrected chi connectivity index (χ2v) is 9.41. The minimum absolute atomic E-state index is 0.108. The van der Waals surface area contributed by atoms with Crippen LogP contribution in [-0.2, 0) is 5.41 Å². The van der Waals surface area contributed by atoms with Crippen LogP contribution in [0.2, 0.25) is 0 Å². The minimum Gasteiger partial charge on any atom is -0.456 e. The fraction of sp³-hybridized carbons (Fsp3) is 0.0968. The van der Waals surface area contributed by atoms with Crippen molar-refractivity contribution in [3.05, 3.63) is 114 Å². The Labute approximate surface area is 193 Å². The molecule has 0 aromatic heterocycles. The van der Waals surface area contributed by atoms with Crippen molar-refractivity contribution < 1.29 is 4.74 Å². The van der Waals surface area contributed by atoms with Gasteiger partial charge in [0.15, 0.2) is 0 Å². The van der Waals surface area contributed by atoms with Crippen LogP contribution in [0.3, 0.4) is 0 Å². The Balaban J connectivity index is 1.62. The highest BCUT2D eigenvalue weighted by atomic mass is 16.5. The van der Waals surface area contributed by atoms with E-state index in [1.54, 1.807) is 0 Å². The van der Waals surface area contributed by atoms with Gasteiger partial charge in [0.2, 0.25) is 0 Å². The Morgan fingerprint density at radius 3 is 1.94 bits per heavy atom. The number of hydrogen-bond donors (Lipinski definition) is 0. The molecule has 2 nitrogen and oxygen atoms in total. The van der Waals surface area contributed by atoms with E-state index in [0.29, 0.717) is 0 Å². The average Bonchev–Trinajstić information content (AvgIpc) is 3.09. The molecule has 5 aromatic carbocycles. The van der Waals surface area contributed by atoms with Gasteiger partial charge in [-0.2, -0.15) is 0 Å². The Morgan fingerprint density at radius 2 is 1.24 bits per heavy atom. The van der Waals surface area contributed by atoms with Gasteiger partial charge in [-0.15, -0.1) is 0 Å². The van der Waals surface area contributed by atoms with Crippen LogP contribution in [-0.4, -0.2) is 0 Å². The van der Waals surface area contributed by atoms with Crippen LogP contribution in [0.4, 0.5) is 17.1 Å². The molecule has 0 spiro atoms. The van der Waals surface area contributed by atoms with E-state index in [1.807, 2.05) is 0 Å². The monoisotopic (exact) mass is 425 g/mol. The molecule has 0 fully saturated rings. The van der Waals surface area contributed by atoms with E-state index in [4.69, 9.17) is 4.74 Å². The summed E-state index contributed by atoms with van der Waals surface area (Å²) in [6.07, 6.45) is 0. The third kappa shape index (κ3) is 2.44. The standard InChI is InChI=1S/C31H23NO/c1-31(2)23-16-10-18-27-29(23)30-24(31)19-25(22-15-9-17-26(33-27)28(22)30)32(20-11-5-3-6-12-20)21-13-7-4-8-14-21/h3-19H,1-2H3. The van der Waals surface area contributed by atoms with E-state index in [0.717, 1.165) is 22.9 Å². The highest BCUT2D eigenvalue weighted by molar-refractivity contribution is 6.14. The number of hydrogen-bond acceptors (Lipinski definition) is 2. The van der Waals surface area contributed by atoms with E-state index in [9.17, 15) is 0 Å². The van der Waals surface area contributed by atoms with E-state index >= 15 is 0 Å². The lowest BCUT2D eigenvalue weighted by atomic mass is 9.81. The molecule has 2 heteroatoms. The topological polar surface area (TPSA) is 12.5 Å². The van der Waals surface area contributed by atoms with Crippen molar-refractivity contribution in [2.24, 2.45) is 0 Å². The normalized spacial score (nSPS) is 14.2. The summed E-state index contributed by atoms with van der Waals surface area (Å²) in [6.45, 7) is 4.67. The Morgan fingerprint density at radius 1 is 0.606 bits per heavy atom. The summed E-state index contributed by atoms with van der Waals surface area (Å²) < 4.78 is 6.48. The zero-order valence-electron chi connectivity index (χ0n) is 18.7. The Hall–Kier alpha value is -4.04. The lowest BCUT2D eigenvalue weighted by molar-refractivity contribution is 0.486. The van der Waals surface area contributed by atoms with E-state index in [2.05, 4.69) is 122 Å². The molecule has 0 saturated heterocycles. The van der Waals surface area contributed by atoms with Gasteiger partial charge in [-0.05, 0) is 53.6 Å². The molecule has 1 heterocycles. The fourth-order valence-electron chi connectivity index (χ4n) is 5.69. The van der Waals surface area contributed by atoms with E-state index in [1.165, 1.54) is 38.7 Å². The molecule has 5 aromatic rings. The number of para-hydroxylation sites is 2. The van der Waals surface area contributed by atoms with Crippen molar-refractivity contribution >= 4 is 27.8 Å². The highest BCUT2D eigenvalue weighted by Crippen LogP contribution is 2.61. The Bertz CT molecular complexity index is 1510. The van der Waals surface area contributed by atoms with Crippen molar-refractivity contribution in [1.29, 1.82) is 0 Å². The van der Waals surface area contributed by atoms with E-state index in [-0.39, 0.29) is 5.41 Å². The zero-order valence-corrected chi connectivity index (χ0v) is 18.7. The van der Waals surface area contributed by atoms with Crippen LogP contribution in [0.5, 0.6) is 11.5 Å². The fourth-order valence-corrected chi connectivity index (χ4v) is 5.69. The first kappa shape index (κ1) is 18.5. The predicted octanol–water partition coefficient (Wildman–Crippen LogP) is 8.72. The molecule has 0 saturated carbocycles. The molecule has 0 amide bonds. The average molecular weight is 426 g/mol. The van der Waals surface area contributed by atoms with Crippen LogP contribution in [0.1, 0.15) is 25.0 Å².